The molecule has 2 rings (SSSR count). The first-order valence-electron chi connectivity index (χ1n) is 4.94. The fourth-order valence-corrected chi connectivity index (χ4v) is 1.56. The molecule has 0 fully saturated rings. The van der Waals surface area contributed by atoms with Gasteiger partial charge in [0.05, 0.1) is 23.4 Å². The van der Waals surface area contributed by atoms with Crippen LogP contribution in [0.1, 0.15) is 27.0 Å². The van der Waals surface area contributed by atoms with Gasteiger partial charge in [-0.1, -0.05) is 6.07 Å². The van der Waals surface area contributed by atoms with E-state index in [1.807, 2.05) is 6.07 Å². The first kappa shape index (κ1) is 10.9. The van der Waals surface area contributed by atoms with Gasteiger partial charge in [0.1, 0.15) is 0 Å². The summed E-state index contributed by atoms with van der Waals surface area (Å²) in [4.78, 5) is 10.8. The lowest BCUT2D eigenvalue weighted by atomic mass is 10.00. The first-order valence-corrected chi connectivity index (χ1v) is 4.94. The summed E-state index contributed by atoms with van der Waals surface area (Å²) in [6.45, 7) is 0. The molecular formula is C12H9N3O2. The Morgan fingerprint density at radius 1 is 1.53 bits per heavy atom. The molecule has 0 spiro atoms. The molecule has 0 amide bonds. The third-order valence-corrected chi connectivity index (χ3v) is 2.43. The van der Waals surface area contributed by atoms with Crippen LogP contribution in [-0.2, 0) is 6.42 Å². The zero-order valence-corrected chi connectivity index (χ0v) is 8.84. The Balaban J connectivity index is 2.35. The number of hydrogen-bond acceptors (Lipinski definition) is 3. The van der Waals surface area contributed by atoms with Crippen molar-refractivity contribution in [2.24, 2.45) is 0 Å². The molecule has 0 aliphatic rings. The summed E-state index contributed by atoms with van der Waals surface area (Å²) in [5.41, 5.74) is 2.24. The molecule has 2 N–H and O–H groups in total. The number of carbonyl (C=O) groups is 1. The molecule has 0 aliphatic carbocycles. The Labute approximate surface area is 97.3 Å². The summed E-state index contributed by atoms with van der Waals surface area (Å²) in [6.07, 6.45) is 3.97. The van der Waals surface area contributed by atoms with E-state index < -0.39 is 5.97 Å². The van der Waals surface area contributed by atoms with Crippen LogP contribution >= 0.6 is 0 Å². The van der Waals surface area contributed by atoms with E-state index in [4.69, 9.17) is 10.4 Å². The maximum atomic E-state index is 10.8. The van der Waals surface area contributed by atoms with Crippen molar-refractivity contribution < 1.29 is 9.90 Å². The van der Waals surface area contributed by atoms with Crippen LogP contribution in [-0.4, -0.2) is 21.3 Å². The highest BCUT2D eigenvalue weighted by molar-refractivity contribution is 5.88. The van der Waals surface area contributed by atoms with Gasteiger partial charge in [0.25, 0.3) is 0 Å². The van der Waals surface area contributed by atoms with Crippen molar-refractivity contribution in [2.45, 2.75) is 6.42 Å². The lowest BCUT2D eigenvalue weighted by molar-refractivity contribution is 0.0697. The lowest BCUT2D eigenvalue weighted by Crippen LogP contribution is -1.99. The average Bonchev–Trinajstić information content (AvgIpc) is 2.82. The predicted octanol–water partition coefficient (Wildman–Crippen LogP) is 1.57. The largest absolute Gasteiger partial charge is 0.478 e. The average molecular weight is 227 g/mol. The molecule has 0 atom stereocenters. The van der Waals surface area contributed by atoms with Gasteiger partial charge in [0.15, 0.2) is 0 Å². The quantitative estimate of drug-likeness (QED) is 0.832. The SMILES string of the molecule is N#Cc1cc(C(=O)O)ccc1Cc1cn[nH]c1. The van der Waals surface area contributed by atoms with Crippen LogP contribution in [0.2, 0.25) is 0 Å². The Morgan fingerprint density at radius 2 is 2.35 bits per heavy atom. The fraction of sp³-hybridized carbons (Fsp3) is 0.0833. The zero-order valence-electron chi connectivity index (χ0n) is 8.84. The molecule has 5 nitrogen and oxygen atoms in total. The van der Waals surface area contributed by atoms with Gasteiger partial charge in [-0.05, 0) is 23.3 Å². The summed E-state index contributed by atoms with van der Waals surface area (Å²) >= 11 is 0. The van der Waals surface area contributed by atoms with Gasteiger partial charge in [0, 0.05) is 12.6 Å². The van der Waals surface area contributed by atoms with Crippen molar-refractivity contribution in [3.63, 3.8) is 0 Å². The number of aromatic carboxylic acids is 1. The van der Waals surface area contributed by atoms with E-state index in [1.54, 1.807) is 18.5 Å². The standard InChI is InChI=1S/C12H9N3O2/c13-5-11-4-10(12(16)17)2-1-9(11)3-8-6-14-15-7-8/h1-2,4,6-7H,3H2,(H,14,15)(H,16,17). The highest BCUT2D eigenvalue weighted by Gasteiger charge is 2.09. The second-order valence-corrected chi connectivity index (χ2v) is 3.57. The summed E-state index contributed by atoms with van der Waals surface area (Å²) in [5.74, 6) is -1.03. The monoisotopic (exact) mass is 227 g/mol. The highest BCUT2D eigenvalue weighted by Crippen LogP contribution is 2.15. The van der Waals surface area contributed by atoms with Gasteiger partial charge < -0.3 is 5.11 Å². The van der Waals surface area contributed by atoms with Crippen LogP contribution in [0.4, 0.5) is 0 Å². The molecule has 0 unspecified atom stereocenters. The number of nitrogens with one attached hydrogen (secondary N) is 1. The minimum atomic E-state index is -1.03. The molecule has 0 saturated carbocycles. The van der Waals surface area contributed by atoms with E-state index in [9.17, 15) is 4.79 Å². The Bertz CT molecular complexity index is 582. The summed E-state index contributed by atoms with van der Waals surface area (Å²) < 4.78 is 0. The Hall–Kier alpha value is -2.61. The number of H-pyrrole nitrogens is 1. The summed E-state index contributed by atoms with van der Waals surface area (Å²) in [7, 11) is 0. The van der Waals surface area contributed by atoms with Crippen LogP contribution in [0.3, 0.4) is 0 Å². The van der Waals surface area contributed by atoms with Crippen molar-refractivity contribution in [3.05, 3.63) is 52.8 Å². The van der Waals surface area contributed by atoms with Crippen LogP contribution < -0.4 is 0 Å². The Morgan fingerprint density at radius 3 is 2.94 bits per heavy atom. The number of nitriles is 1. The second kappa shape index (κ2) is 4.49. The van der Waals surface area contributed by atoms with Gasteiger partial charge in [-0.25, -0.2) is 4.79 Å². The highest BCUT2D eigenvalue weighted by atomic mass is 16.4. The van der Waals surface area contributed by atoms with Gasteiger partial charge in [-0.3, -0.25) is 5.10 Å². The normalized spacial score (nSPS) is 9.82. The first-order chi connectivity index (χ1) is 8.20. The van der Waals surface area contributed by atoms with Crippen LogP contribution in [0.25, 0.3) is 0 Å². The summed E-state index contributed by atoms with van der Waals surface area (Å²) in [5, 5.41) is 24.3. The van der Waals surface area contributed by atoms with E-state index in [2.05, 4.69) is 10.2 Å². The van der Waals surface area contributed by atoms with Crippen molar-refractivity contribution in [3.8, 4) is 6.07 Å². The molecule has 0 radical (unpaired) electrons. The molecule has 0 bridgehead atoms. The minimum absolute atomic E-state index is 0.123. The van der Waals surface area contributed by atoms with Crippen molar-refractivity contribution >= 4 is 5.97 Å². The summed E-state index contributed by atoms with van der Waals surface area (Å²) in [6, 6.07) is 6.56. The van der Waals surface area contributed by atoms with E-state index in [1.165, 1.54) is 12.1 Å². The Kier molecular flexibility index (Phi) is 2.88. The van der Waals surface area contributed by atoms with Gasteiger partial charge in [-0.15, -0.1) is 0 Å². The molecule has 17 heavy (non-hydrogen) atoms. The van der Waals surface area contributed by atoms with Crippen molar-refractivity contribution in [1.29, 1.82) is 5.26 Å². The number of nitrogens with zero attached hydrogens (tertiary/aromatic N) is 2. The van der Waals surface area contributed by atoms with Crippen molar-refractivity contribution in [2.75, 3.05) is 0 Å². The maximum absolute atomic E-state index is 10.8. The van der Waals surface area contributed by atoms with Gasteiger partial charge in [-0.2, -0.15) is 10.4 Å². The molecule has 0 aliphatic heterocycles. The molecule has 1 heterocycles. The number of rotatable bonds is 3. The van der Waals surface area contributed by atoms with Crippen LogP contribution in [0, 0.1) is 11.3 Å². The third-order valence-electron chi connectivity index (χ3n) is 2.43. The van der Waals surface area contributed by atoms with E-state index >= 15 is 0 Å². The molecule has 2 aromatic rings. The zero-order chi connectivity index (χ0) is 12.3. The van der Waals surface area contributed by atoms with Gasteiger partial charge >= 0.3 is 5.97 Å². The van der Waals surface area contributed by atoms with E-state index in [0.29, 0.717) is 12.0 Å². The second-order valence-electron chi connectivity index (χ2n) is 3.57. The van der Waals surface area contributed by atoms with Gasteiger partial charge in [0.2, 0.25) is 0 Å². The smallest absolute Gasteiger partial charge is 0.335 e. The number of aromatic amines is 1. The van der Waals surface area contributed by atoms with E-state index in [0.717, 1.165) is 11.1 Å². The number of aromatic nitrogens is 2. The molecule has 5 heteroatoms. The molecular weight excluding hydrogens is 218 g/mol. The van der Waals surface area contributed by atoms with Crippen molar-refractivity contribution in [1.82, 2.24) is 10.2 Å². The number of benzene rings is 1. The minimum Gasteiger partial charge on any atom is -0.478 e. The third kappa shape index (κ3) is 2.32. The maximum Gasteiger partial charge on any atom is 0.335 e. The van der Waals surface area contributed by atoms with Crippen LogP contribution in [0.15, 0.2) is 30.6 Å². The van der Waals surface area contributed by atoms with E-state index in [-0.39, 0.29) is 5.56 Å². The molecule has 1 aromatic heterocycles. The topological polar surface area (TPSA) is 89.8 Å². The predicted molar refractivity (Wildman–Crippen MR) is 59.5 cm³/mol. The number of carboxylic acid groups (broad SMARTS) is 1. The molecule has 1 aromatic carbocycles. The van der Waals surface area contributed by atoms with Crippen LogP contribution in [0.5, 0.6) is 0 Å². The molecule has 0 saturated heterocycles. The number of carboxylic acids is 1. The number of hydrogen-bond donors (Lipinski definition) is 2. The lowest BCUT2D eigenvalue weighted by Gasteiger charge is -2.03. The fourth-order valence-electron chi connectivity index (χ4n) is 1.56. The molecule has 84 valence electrons.